The zero-order valence-electron chi connectivity index (χ0n) is 16.5. The summed E-state index contributed by atoms with van der Waals surface area (Å²) in [5, 5.41) is 12.1. The molecule has 0 fully saturated rings. The van der Waals surface area contributed by atoms with Gasteiger partial charge in [-0.15, -0.1) is 0 Å². The van der Waals surface area contributed by atoms with E-state index >= 15 is 0 Å². The summed E-state index contributed by atoms with van der Waals surface area (Å²) in [6.45, 7) is 0. The smallest absolute Gasteiger partial charge is 0.417 e. The van der Waals surface area contributed by atoms with E-state index in [2.05, 4.69) is 10.3 Å². The minimum absolute atomic E-state index is 0.0213. The van der Waals surface area contributed by atoms with Gasteiger partial charge in [-0.1, -0.05) is 35.5 Å². The van der Waals surface area contributed by atoms with Crippen LogP contribution in [0.4, 0.5) is 18.9 Å². The van der Waals surface area contributed by atoms with Crippen LogP contribution in [0.1, 0.15) is 11.1 Å². The summed E-state index contributed by atoms with van der Waals surface area (Å²) in [7, 11) is 1.47. The lowest BCUT2D eigenvalue weighted by molar-refractivity contribution is -0.138. The first-order valence-electron chi connectivity index (χ1n) is 9.07. The van der Waals surface area contributed by atoms with Gasteiger partial charge < -0.3 is 10.1 Å². The zero-order valence-corrected chi connectivity index (χ0v) is 18.1. The molecule has 0 radical (unpaired) electrons. The second-order valence-electron chi connectivity index (χ2n) is 6.39. The van der Waals surface area contributed by atoms with Crippen molar-refractivity contribution < 1.29 is 22.7 Å². The quantitative estimate of drug-likeness (QED) is 0.438. The maximum Gasteiger partial charge on any atom is 0.417 e. The van der Waals surface area contributed by atoms with E-state index in [1.807, 2.05) is 0 Å². The molecule has 1 aromatic heterocycles. The Kier molecular flexibility index (Phi) is 7.28. The molecule has 0 saturated carbocycles. The van der Waals surface area contributed by atoms with Gasteiger partial charge in [-0.3, -0.25) is 4.79 Å². The summed E-state index contributed by atoms with van der Waals surface area (Å²) >= 11 is 6.74. The van der Waals surface area contributed by atoms with Crippen LogP contribution in [0.5, 0.6) is 5.75 Å². The third-order valence-corrected chi connectivity index (χ3v) is 5.58. The Balaban J connectivity index is 1.93. The van der Waals surface area contributed by atoms with Gasteiger partial charge in [-0.2, -0.15) is 18.4 Å². The molecule has 10 heteroatoms. The number of nitrogens with zero attached hydrogens (tertiary/aromatic N) is 2. The molecule has 0 aliphatic heterocycles. The molecular formula is C22H15ClF3N3O2S. The van der Waals surface area contributed by atoms with Crippen LogP contribution in [0.25, 0.3) is 11.3 Å². The Morgan fingerprint density at radius 3 is 2.50 bits per heavy atom. The lowest BCUT2D eigenvalue weighted by Gasteiger charge is -2.14. The molecule has 0 unspecified atom stereocenters. The predicted molar refractivity (Wildman–Crippen MR) is 117 cm³/mol. The average Bonchev–Trinajstić information content (AvgIpc) is 2.78. The Labute approximate surface area is 191 Å². The number of carbonyl (C=O) groups excluding carboxylic acids is 1. The molecule has 0 spiro atoms. The highest BCUT2D eigenvalue weighted by Crippen LogP contribution is 2.38. The molecular weight excluding hydrogens is 463 g/mol. The summed E-state index contributed by atoms with van der Waals surface area (Å²) < 4.78 is 46.0. The molecule has 164 valence electrons. The fourth-order valence-corrected chi connectivity index (χ4v) is 3.74. The second-order valence-corrected chi connectivity index (χ2v) is 7.76. The highest BCUT2D eigenvalue weighted by atomic mass is 35.5. The van der Waals surface area contributed by atoms with E-state index < -0.39 is 23.2 Å². The predicted octanol–water partition coefficient (Wildman–Crippen LogP) is 6.03. The van der Waals surface area contributed by atoms with E-state index in [0.717, 1.165) is 17.8 Å². The van der Waals surface area contributed by atoms with Crippen molar-refractivity contribution in [3.05, 3.63) is 70.7 Å². The molecule has 3 rings (SSSR count). The number of alkyl halides is 3. The van der Waals surface area contributed by atoms with Crippen LogP contribution >= 0.6 is 23.4 Å². The molecule has 5 nitrogen and oxygen atoms in total. The molecule has 0 aliphatic carbocycles. The van der Waals surface area contributed by atoms with E-state index in [1.54, 1.807) is 54.6 Å². The third-order valence-electron chi connectivity index (χ3n) is 4.28. The van der Waals surface area contributed by atoms with Crippen LogP contribution in [0, 0.1) is 11.3 Å². The fourth-order valence-electron chi connectivity index (χ4n) is 2.75. The number of aromatic nitrogens is 1. The maximum absolute atomic E-state index is 13.7. The van der Waals surface area contributed by atoms with Gasteiger partial charge in [-0.25, -0.2) is 4.98 Å². The van der Waals surface area contributed by atoms with Crippen molar-refractivity contribution in [2.75, 3.05) is 18.2 Å². The molecule has 0 bridgehead atoms. The Morgan fingerprint density at radius 2 is 1.91 bits per heavy atom. The topological polar surface area (TPSA) is 75.0 Å². The van der Waals surface area contributed by atoms with E-state index in [1.165, 1.54) is 7.11 Å². The second kappa shape index (κ2) is 9.94. The number of methoxy groups -OCH3 is 1. The largest absolute Gasteiger partial charge is 0.497 e. The van der Waals surface area contributed by atoms with Gasteiger partial charge in [0.2, 0.25) is 5.91 Å². The highest BCUT2D eigenvalue weighted by molar-refractivity contribution is 8.00. The van der Waals surface area contributed by atoms with Gasteiger partial charge in [0, 0.05) is 5.56 Å². The minimum atomic E-state index is -4.77. The van der Waals surface area contributed by atoms with Crippen molar-refractivity contribution in [1.82, 2.24) is 4.98 Å². The number of ether oxygens (including phenoxy) is 1. The van der Waals surface area contributed by atoms with Crippen molar-refractivity contribution in [2.24, 2.45) is 0 Å². The molecule has 0 atom stereocenters. The van der Waals surface area contributed by atoms with Crippen LogP contribution in [0.3, 0.4) is 0 Å². The third kappa shape index (κ3) is 5.52. The number of hydrogen-bond acceptors (Lipinski definition) is 5. The Morgan fingerprint density at radius 1 is 1.22 bits per heavy atom. The van der Waals surface area contributed by atoms with E-state index in [9.17, 15) is 23.2 Å². The van der Waals surface area contributed by atoms with E-state index in [0.29, 0.717) is 22.0 Å². The van der Waals surface area contributed by atoms with Gasteiger partial charge in [0.05, 0.1) is 40.4 Å². The van der Waals surface area contributed by atoms with Gasteiger partial charge in [0.1, 0.15) is 16.8 Å². The van der Waals surface area contributed by atoms with E-state index in [-0.39, 0.29) is 16.5 Å². The Hall–Kier alpha value is -3.22. The molecule has 32 heavy (non-hydrogen) atoms. The van der Waals surface area contributed by atoms with Crippen LogP contribution in [-0.4, -0.2) is 23.8 Å². The molecule has 1 heterocycles. The van der Waals surface area contributed by atoms with Crippen molar-refractivity contribution in [1.29, 1.82) is 5.26 Å². The van der Waals surface area contributed by atoms with Gasteiger partial charge in [0.25, 0.3) is 0 Å². The van der Waals surface area contributed by atoms with E-state index in [4.69, 9.17) is 16.3 Å². The van der Waals surface area contributed by atoms with Gasteiger partial charge in [-0.05, 0) is 42.5 Å². The number of hydrogen-bond donors (Lipinski definition) is 1. The number of thioether (sulfide) groups is 1. The van der Waals surface area contributed by atoms with Crippen molar-refractivity contribution in [2.45, 2.75) is 11.2 Å². The molecule has 1 N–H and O–H groups in total. The summed E-state index contributed by atoms with van der Waals surface area (Å²) in [5.74, 6) is -0.238. The monoisotopic (exact) mass is 477 g/mol. The van der Waals surface area contributed by atoms with Crippen LogP contribution in [0.15, 0.2) is 59.6 Å². The van der Waals surface area contributed by atoms with Crippen molar-refractivity contribution >= 4 is 35.0 Å². The number of anilines is 1. The molecule has 0 aliphatic rings. The highest BCUT2D eigenvalue weighted by Gasteiger charge is 2.36. The summed E-state index contributed by atoms with van der Waals surface area (Å²) in [6.07, 6.45) is -4.77. The number of pyridine rings is 1. The maximum atomic E-state index is 13.7. The van der Waals surface area contributed by atoms with Gasteiger partial charge >= 0.3 is 6.18 Å². The number of halogens is 4. The standard InChI is InChI=1S/C22H15ClF3N3O2S/c1-31-14-8-6-13(7-9-14)19-10-16(22(24,25)26)15(11-27)21(29-19)32-12-20(30)28-18-5-3-2-4-17(18)23/h2-10H,12H2,1H3,(H,28,30). The normalized spacial score (nSPS) is 11.0. The van der Waals surface area contributed by atoms with Crippen LogP contribution < -0.4 is 10.1 Å². The minimum Gasteiger partial charge on any atom is -0.497 e. The van der Waals surface area contributed by atoms with Crippen molar-refractivity contribution in [3.63, 3.8) is 0 Å². The SMILES string of the molecule is COc1ccc(-c2cc(C(F)(F)F)c(C#N)c(SCC(=O)Nc3ccccc3Cl)n2)cc1. The first-order valence-corrected chi connectivity index (χ1v) is 10.4. The first kappa shape index (κ1) is 23.4. The molecule has 3 aromatic rings. The fraction of sp³-hybridized carbons (Fsp3) is 0.136. The summed E-state index contributed by atoms with van der Waals surface area (Å²) in [6, 6.07) is 15.3. The lowest BCUT2D eigenvalue weighted by Crippen LogP contribution is -2.15. The van der Waals surface area contributed by atoms with Crippen LogP contribution in [-0.2, 0) is 11.0 Å². The number of nitrogens with one attached hydrogen (secondary N) is 1. The summed E-state index contributed by atoms with van der Waals surface area (Å²) in [5.41, 5.74) is -0.951. The Bertz CT molecular complexity index is 1180. The molecule has 0 saturated heterocycles. The molecule has 2 aromatic carbocycles. The number of rotatable bonds is 6. The summed E-state index contributed by atoms with van der Waals surface area (Å²) in [4.78, 5) is 16.5. The number of benzene rings is 2. The van der Waals surface area contributed by atoms with Crippen LogP contribution in [0.2, 0.25) is 5.02 Å². The zero-order chi connectivity index (χ0) is 23.3. The lowest BCUT2D eigenvalue weighted by atomic mass is 10.1. The number of amides is 1. The van der Waals surface area contributed by atoms with Gasteiger partial charge in [0.15, 0.2) is 0 Å². The first-order chi connectivity index (χ1) is 15.2. The average molecular weight is 478 g/mol. The van der Waals surface area contributed by atoms with Crippen molar-refractivity contribution in [3.8, 4) is 23.1 Å². The molecule has 1 amide bonds. The number of carbonyl (C=O) groups is 1. The number of nitriles is 1. The number of para-hydroxylation sites is 1.